The Labute approximate surface area is 182 Å². The number of benzene rings is 3. The van der Waals surface area contributed by atoms with Crippen LogP contribution in [0.2, 0.25) is 0 Å². The smallest absolute Gasteiger partial charge is 0.343 e. The Kier molecular flexibility index (Phi) is 4.71. The van der Waals surface area contributed by atoms with Gasteiger partial charge in [0.1, 0.15) is 0 Å². The molecule has 0 aliphatic rings. The SMILES string of the molecule is Cc1cn(Cc2ccccc2)c2ccc(-n3c(=O)[nH]c(=O)n(-c4ccccc4)c3=O)cc12. The van der Waals surface area contributed by atoms with Crippen molar-refractivity contribution in [1.29, 1.82) is 0 Å². The number of aryl methyl sites for hydroxylation is 1. The molecule has 2 heterocycles. The summed E-state index contributed by atoms with van der Waals surface area (Å²) in [6.07, 6.45) is 2.05. The molecule has 2 aromatic heterocycles. The fraction of sp³-hybridized carbons (Fsp3) is 0.0800. The number of aromatic nitrogens is 4. The lowest BCUT2D eigenvalue weighted by molar-refractivity contribution is 0.715. The number of H-pyrrole nitrogens is 1. The molecule has 32 heavy (non-hydrogen) atoms. The first-order valence-electron chi connectivity index (χ1n) is 10.2. The van der Waals surface area contributed by atoms with Crippen LogP contribution in [-0.4, -0.2) is 18.7 Å². The van der Waals surface area contributed by atoms with Crippen molar-refractivity contribution < 1.29 is 0 Å². The van der Waals surface area contributed by atoms with Crippen molar-refractivity contribution in [3.63, 3.8) is 0 Å². The molecule has 0 unspecified atom stereocenters. The topological polar surface area (TPSA) is 81.8 Å². The minimum absolute atomic E-state index is 0.388. The van der Waals surface area contributed by atoms with Gasteiger partial charge in [-0.05, 0) is 48.4 Å². The molecule has 0 amide bonds. The predicted molar refractivity (Wildman–Crippen MR) is 124 cm³/mol. The monoisotopic (exact) mass is 424 g/mol. The van der Waals surface area contributed by atoms with Crippen LogP contribution in [0.1, 0.15) is 11.1 Å². The number of hydrogen-bond acceptors (Lipinski definition) is 3. The van der Waals surface area contributed by atoms with E-state index >= 15 is 0 Å². The highest BCUT2D eigenvalue weighted by molar-refractivity contribution is 5.85. The van der Waals surface area contributed by atoms with Crippen molar-refractivity contribution >= 4 is 10.9 Å². The van der Waals surface area contributed by atoms with E-state index in [1.165, 1.54) is 5.56 Å². The molecule has 0 atom stereocenters. The second-order valence-corrected chi connectivity index (χ2v) is 7.65. The third-order valence-electron chi connectivity index (χ3n) is 5.53. The van der Waals surface area contributed by atoms with Crippen LogP contribution in [-0.2, 0) is 6.54 Å². The quantitative estimate of drug-likeness (QED) is 0.482. The second-order valence-electron chi connectivity index (χ2n) is 7.65. The number of para-hydroxylation sites is 1. The van der Waals surface area contributed by atoms with Gasteiger partial charge in [0.15, 0.2) is 0 Å². The van der Waals surface area contributed by atoms with Crippen LogP contribution < -0.4 is 17.1 Å². The molecule has 5 aromatic rings. The Morgan fingerprint density at radius 1 is 0.750 bits per heavy atom. The maximum Gasteiger partial charge on any atom is 0.345 e. The summed E-state index contributed by atoms with van der Waals surface area (Å²) in [6, 6.07) is 24.1. The lowest BCUT2D eigenvalue weighted by Gasteiger charge is -2.10. The van der Waals surface area contributed by atoms with Crippen LogP contribution in [0.5, 0.6) is 0 Å². The normalized spacial score (nSPS) is 11.2. The zero-order valence-corrected chi connectivity index (χ0v) is 17.4. The molecule has 0 saturated heterocycles. The second kappa shape index (κ2) is 7.70. The number of fused-ring (bicyclic) bond motifs is 1. The van der Waals surface area contributed by atoms with Gasteiger partial charge in [0.25, 0.3) is 0 Å². The summed E-state index contributed by atoms with van der Waals surface area (Å²) in [6.45, 7) is 2.70. The number of nitrogens with one attached hydrogen (secondary N) is 1. The summed E-state index contributed by atoms with van der Waals surface area (Å²) in [5.41, 5.74) is 1.73. The Balaban J connectivity index is 1.66. The van der Waals surface area contributed by atoms with Crippen LogP contribution in [0.15, 0.2) is 99.4 Å². The van der Waals surface area contributed by atoms with Gasteiger partial charge in [0, 0.05) is 23.6 Å². The van der Waals surface area contributed by atoms with Crippen molar-refractivity contribution in [2.75, 3.05) is 0 Å². The van der Waals surface area contributed by atoms with E-state index < -0.39 is 17.1 Å². The molecule has 3 aromatic carbocycles. The van der Waals surface area contributed by atoms with Crippen molar-refractivity contribution in [3.8, 4) is 11.4 Å². The van der Waals surface area contributed by atoms with E-state index in [1.807, 2.05) is 37.3 Å². The zero-order valence-electron chi connectivity index (χ0n) is 17.4. The molecule has 7 nitrogen and oxygen atoms in total. The van der Waals surface area contributed by atoms with Crippen LogP contribution in [0, 0.1) is 6.92 Å². The maximum atomic E-state index is 13.2. The minimum atomic E-state index is -0.770. The van der Waals surface area contributed by atoms with Gasteiger partial charge in [-0.3, -0.25) is 4.98 Å². The zero-order chi connectivity index (χ0) is 22.2. The van der Waals surface area contributed by atoms with E-state index in [9.17, 15) is 14.4 Å². The third kappa shape index (κ3) is 3.30. The fourth-order valence-electron chi connectivity index (χ4n) is 4.02. The first-order valence-corrected chi connectivity index (χ1v) is 10.2. The fourth-order valence-corrected chi connectivity index (χ4v) is 4.02. The first kappa shape index (κ1) is 19.6. The molecular formula is C25H20N4O3. The van der Waals surface area contributed by atoms with Gasteiger partial charge in [-0.25, -0.2) is 23.5 Å². The van der Waals surface area contributed by atoms with Gasteiger partial charge in [-0.15, -0.1) is 0 Å². The summed E-state index contributed by atoms with van der Waals surface area (Å²) in [5.74, 6) is 0. The van der Waals surface area contributed by atoms with Crippen LogP contribution >= 0.6 is 0 Å². The highest BCUT2D eigenvalue weighted by Gasteiger charge is 2.15. The summed E-state index contributed by atoms with van der Waals surface area (Å²) >= 11 is 0. The summed E-state index contributed by atoms with van der Waals surface area (Å²) in [5, 5.41) is 0.933. The Hall–Kier alpha value is -4.39. The van der Waals surface area contributed by atoms with Crippen LogP contribution in [0.4, 0.5) is 0 Å². The first-order chi connectivity index (χ1) is 15.5. The highest BCUT2D eigenvalue weighted by Crippen LogP contribution is 2.24. The van der Waals surface area contributed by atoms with Crippen molar-refractivity contribution in [3.05, 3.63) is 128 Å². The lowest BCUT2D eigenvalue weighted by atomic mass is 10.1. The molecular weight excluding hydrogens is 404 g/mol. The van der Waals surface area contributed by atoms with E-state index in [0.717, 1.165) is 25.6 Å². The average molecular weight is 424 g/mol. The maximum absolute atomic E-state index is 13.2. The largest absolute Gasteiger partial charge is 0.345 e. The molecule has 0 aliphatic heterocycles. The van der Waals surface area contributed by atoms with E-state index in [1.54, 1.807) is 36.4 Å². The van der Waals surface area contributed by atoms with Gasteiger partial charge in [0.2, 0.25) is 0 Å². The van der Waals surface area contributed by atoms with Crippen molar-refractivity contribution in [1.82, 2.24) is 18.7 Å². The van der Waals surface area contributed by atoms with Crippen molar-refractivity contribution in [2.24, 2.45) is 0 Å². The standard InChI is InChI=1S/C25H20N4O3/c1-17-15-27(16-18-8-4-2-5-9-18)22-13-12-20(14-21(17)22)29-24(31)26-23(30)28(25(29)32)19-10-6-3-7-11-19/h2-15H,16H2,1H3,(H,26,30,31). The average Bonchev–Trinajstić information content (AvgIpc) is 3.09. The molecule has 5 rings (SSSR count). The Morgan fingerprint density at radius 3 is 2.06 bits per heavy atom. The van der Waals surface area contributed by atoms with Gasteiger partial charge < -0.3 is 4.57 Å². The molecule has 0 saturated carbocycles. The summed E-state index contributed by atoms with van der Waals surface area (Å²) in [7, 11) is 0. The van der Waals surface area contributed by atoms with E-state index in [-0.39, 0.29) is 0 Å². The molecule has 7 heteroatoms. The van der Waals surface area contributed by atoms with Gasteiger partial charge in [-0.2, -0.15) is 0 Å². The molecule has 0 spiro atoms. The molecule has 1 N–H and O–H groups in total. The minimum Gasteiger partial charge on any atom is -0.343 e. The third-order valence-corrected chi connectivity index (χ3v) is 5.53. The van der Waals surface area contributed by atoms with Crippen molar-refractivity contribution in [2.45, 2.75) is 13.5 Å². The Morgan fingerprint density at radius 2 is 1.38 bits per heavy atom. The number of nitrogens with zero attached hydrogens (tertiary/aromatic N) is 3. The number of hydrogen-bond donors (Lipinski definition) is 1. The molecule has 0 aliphatic carbocycles. The predicted octanol–water partition coefficient (Wildman–Crippen LogP) is 2.99. The number of aromatic amines is 1. The van der Waals surface area contributed by atoms with E-state index in [4.69, 9.17) is 0 Å². The summed E-state index contributed by atoms with van der Waals surface area (Å²) < 4.78 is 4.09. The van der Waals surface area contributed by atoms with E-state index in [2.05, 4.69) is 27.9 Å². The van der Waals surface area contributed by atoms with E-state index in [0.29, 0.717) is 17.9 Å². The highest BCUT2D eigenvalue weighted by atomic mass is 16.2. The van der Waals surface area contributed by atoms with Crippen LogP contribution in [0.3, 0.4) is 0 Å². The molecule has 0 bridgehead atoms. The molecule has 0 fully saturated rings. The van der Waals surface area contributed by atoms with Crippen LogP contribution in [0.25, 0.3) is 22.3 Å². The molecule has 158 valence electrons. The van der Waals surface area contributed by atoms with Gasteiger partial charge >= 0.3 is 17.1 Å². The number of rotatable bonds is 4. The van der Waals surface area contributed by atoms with Gasteiger partial charge in [-0.1, -0.05) is 48.5 Å². The molecule has 0 radical (unpaired) electrons. The van der Waals surface area contributed by atoms with Gasteiger partial charge in [0.05, 0.1) is 11.4 Å². The summed E-state index contributed by atoms with van der Waals surface area (Å²) in [4.78, 5) is 40.4. The lowest BCUT2D eigenvalue weighted by Crippen LogP contribution is -2.47. The Bertz CT molecular complexity index is 1610.